The maximum atomic E-state index is 11.9. The Hall–Kier alpha value is -2.41. The number of benzene rings is 1. The van der Waals surface area contributed by atoms with Gasteiger partial charge in [-0.3, -0.25) is 14.5 Å². The summed E-state index contributed by atoms with van der Waals surface area (Å²) >= 11 is 0. The van der Waals surface area contributed by atoms with Crippen molar-refractivity contribution in [3.05, 3.63) is 53.3 Å². The first kappa shape index (κ1) is 18.9. The van der Waals surface area contributed by atoms with Crippen molar-refractivity contribution in [3.8, 4) is 0 Å². The molecule has 0 aliphatic heterocycles. The fourth-order valence-corrected chi connectivity index (χ4v) is 3.13. The van der Waals surface area contributed by atoms with Crippen molar-refractivity contribution in [2.45, 2.75) is 26.8 Å². The standard InChI is InChI=1S/C18H23N3O3S/c1-12-7-6-8-17(19-12)13(2)21(4)15-9-10-18(20-25(5,23)24)16(11-15)14(3)22/h6-11,13,20H,1-5H3. The lowest BCUT2D eigenvalue weighted by Crippen LogP contribution is -2.23. The summed E-state index contributed by atoms with van der Waals surface area (Å²) in [7, 11) is -1.54. The second kappa shape index (κ2) is 7.23. The van der Waals surface area contributed by atoms with Crippen molar-refractivity contribution in [2.75, 3.05) is 22.9 Å². The van der Waals surface area contributed by atoms with Gasteiger partial charge in [-0.2, -0.15) is 0 Å². The molecule has 0 aliphatic carbocycles. The quantitative estimate of drug-likeness (QED) is 0.800. The van der Waals surface area contributed by atoms with Crippen LogP contribution < -0.4 is 9.62 Å². The molecule has 0 amide bonds. The molecule has 0 saturated carbocycles. The third-order valence-electron chi connectivity index (χ3n) is 4.00. The van der Waals surface area contributed by atoms with Gasteiger partial charge in [0.25, 0.3) is 0 Å². The van der Waals surface area contributed by atoms with Gasteiger partial charge in [0.05, 0.1) is 23.7 Å². The summed E-state index contributed by atoms with van der Waals surface area (Å²) in [6, 6.07) is 10.9. The first-order chi connectivity index (χ1) is 11.6. The van der Waals surface area contributed by atoms with Crippen LogP contribution in [0.4, 0.5) is 11.4 Å². The van der Waals surface area contributed by atoms with E-state index in [9.17, 15) is 13.2 Å². The Balaban J connectivity index is 2.38. The van der Waals surface area contributed by atoms with Gasteiger partial charge in [0, 0.05) is 24.0 Å². The molecule has 0 spiro atoms. The average Bonchev–Trinajstić information content (AvgIpc) is 2.52. The molecule has 2 aromatic rings. The zero-order valence-corrected chi connectivity index (χ0v) is 15.9. The lowest BCUT2D eigenvalue weighted by molar-refractivity contribution is 0.101. The number of ketones is 1. The van der Waals surface area contributed by atoms with Crippen LogP contribution in [0.1, 0.15) is 41.6 Å². The van der Waals surface area contributed by atoms with Crippen molar-refractivity contribution in [3.63, 3.8) is 0 Å². The van der Waals surface area contributed by atoms with E-state index in [4.69, 9.17) is 0 Å². The van der Waals surface area contributed by atoms with Gasteiger partial charge in [-0.25, -0.2) is 8.42 Å². The minimum Gasteiger partial charge on any atom is -0.366 e. The minimum atomic E-state index is -3.46. The normalized spacial score (nSPS) is 12.5. The van der Waals surface area contributed by atoms with Gasteiger partial charge >= 0.3 is 0 Å². The summed E-state index contributed by atoms with van der Waals surface area (Å²) < 4.78 is 25.3. The first-order valence-corrected chi connectivity index (χ1v) is 9.77. The number of Topliss-reactive ketones (excluding diaryl/α,β-unsaturated/α-hetero) is 1. The molecule has 1 heterocycles. The van der Waals surface area contributed by atoms with E-state index in [0.717, 1.165) is 23.3 Å². The fourth-order valence-electron chi connectivity index (χ4n) is 2.55. The third kappa shape index (κ3) is 4.79. The topological polar surface area (TPSA) is 79.4 Å². The second-order valence-electron chi connectivity index (χ2n) is 6.15. The Kier molecular flexibility index (Phi) is 5.47. The summed E-state index contributed by atoms with van der Waals surface area (Å²) in [5.41, 5.74) is 3.29. The number of nitrogens with one attached hydrogen (secondary N) is 1. The number of aryl methyl sites for hydroxylation is 1. The number of carbonyl (C=O) groups is 1. The highest BCUT2D eigenvalue weighted by molar-refractivity contribution is 7.92. The van der Waals surface area contributed by atoms with Gasteiger partial charge in [-0.1, -0.05) is 6.07 Å². The largest absolute Gasteiger partial charge is 0.366 e. The van der Waals surface area contributed by atoms with E-state index in [1.54, 1.807) is 18.2 Å². The molecule has 1 atom stereocenters. The molecule has 6 nitrogen and oxygen atoms in total. The molecule has 0 fully saturated rings. The molecule has 25 heavy (non-hydrogen) atoms. The predicted octanol–water partition coefficient (Wildman–Crippen LogP) is 3.16. The molecule has 2 rings (SSSR count). The zero-order chi connectivity index (χ0) is 18.8. The lowest BCUT2D eigenvalue weighted by Gasteiger charge is -2.27. The van der Waals surface area contributed by atoms with Crippen LogP contribution in [0.2, 0.25) is 0 Å². The average molecular weight is 361 g/mol. The Morgan fingerprint density at radius 2 is 1.92 bits per heavy atom. The minimum absolute atomic E-state index is 0.00609. The molecule has 0 saturated heterocycles. The SMILES string of the molecule is CC(=O)c1cc(N(C)C(C)c2cccc(C)n2)ccc1NS(C)(=O)=O. The summed E-state index contributed by atoms with van der Waals surface area (Å²) in [5, 5.41) is 0. The molecule has 1 N–H and O–H groups in total. The molecular formula is C18H23N3O3S. The first-order valence-electron chi connectivity index (χ1n) is 7.87. The molecular weight excluding hydrogens is 338 g/mol. The smallest absolute Gasteiger partial charge is 0.229 e. The maximum absolute atomic E-state index is 11.9. The van der Waals surface area contributed by atoms with Crippen molar-refractivity contribution in [2.24, 2.45) is 0 Å². The van der Waals surface area contributed by atoms with E-state index in [0.29, 0.717) is 5.56 Å². The highest BCUT2D eigenvalue weighted by Crippen LogP contribution is 2.29. The summed E-state index contributed by atoms with van der Waals surface area (Å²) in [6.45, 7) is 5.38. The zero-order valence-electron chi connectivity index (χ0n) is 15.1. The third-order valence-corrected chi connectivity index (χ3v) is 4.59. The summed E-state index contributed by atoms with van der Waals surface area (Å²) in [6.07, 6.45) is 1.06. The Labute approximate surface area is 148 Å². The maximum Gasteiger partial charge on any atom is 0.229 e. The van der Waals surface area contributed by atoms with Crippen molar-refractivity contribution in [1.82, 2.24) is 4.98 Å². The summed E-state index contributed by atoms with van der Waals surface area (Å²) in [4.78, 5) is 18.5. The number of carbonyl (C=O) groups excluding carboxylic acids is 1. The number of hydrogen-bond acceptors (Lipinski definition) is 5. The number of rotatable bonds is 6. The van der Waals surface area contributed by atoms with E-state index in [2.05, 4.69) is 9.71 Å². The van der Waals surface area contributed by atoms with Gasteiger partial charge in [-0.05, 0) is 51.1 Å². The van der Waals surface area contributed by atoms with Crippen LogP contribution in [0.15, 0.2) is 36.4 Å². The van der Waals surface area contributed by atoms with Crippen molar-refractivity contribution < 1.29 is 13.2 Å². The van der Waals surface area contributed by atoms with Crippen molar-refractivity contribution >= 4 is 27.2 Å². The summed E-state index contributed by atoms with van der Waals surface area (Å²) in [5.74, 6) is -0.206. The molecule has 7 heteroatoms. The number of sulfonamides is 1. The second-order valence-corrected chi connectivity index (χ2v) is 7.90. The van der Waals surface area contributed by atoms with E-state index in [1.165, 1.54) is 6.92 Å². The van der Waals surface area contributed by atoms with Crippen LogP contribution in [-0.4, -0.2) is 32.5 Å². The molecule has 134 valence electrons. The van der Waals surface area contributed by atoms with Gasteiger partial charge in [0.15, 0.2) is 5.78 Å². The molecule has 1 aromatic carbocycles. The highest BCUT2D eigenvalue weighted by atomic mass is 32.2. The molecule has 0 bridgehead atoms. The van der Waals surface area contributed by atoms with Gasteiger partial charge in [0.1, 0.15) is 0 Å². The number of aromatic nitrogens is 1. The monoisotopic (exact) mass is 361 g/mol. The number of pyridine rings is 1. The molecule has 0 radical (unpaired) electrons. The highest BCUT2D eigenvalue weighted by Gasteiger charge is 2.17. The van der Waals surface area contributed by atoms with Gasteiger partial charge < -0.3 is 4.90 Å². The van der Waals surface area contributed by atoms with E-state index < -0.39 is 10.0 Å². The van der Waals surface area contributed by atoms with Crippen LogP contribution in [-0.2, 0) is 10.0 Å². The fraction of sp³-hybridized carbons (Fsp3) is 0.333. The number of anilines is 2. The predicted molar refractivity (Wildman–Crippen MR) is 101 cm³/mol. The van der Waals surface area contributed by atoms with Crippen LogP contribution >= 0.6 is 0 Å². The van der Waals surface area contributed by atoms with Crippen LogP contribution in [0.3, 0.4) is 0 Å². The van der Waals surface area contributed by atoms with E-state index in [-0.39, 0.29) is 17.5 Å². The molecule has 1 aromatic heterocycles. The Bertz CT molecular complexity index is 894. The van der Waals surface area contributed by atoms with Crippen LogP contribution in [0.25, 0.3) is 0 Å². The lowest BCUT2D eigenvalue weighted by atomic mass is 10.1. The van der Waals surface area contributed by atoms with E-state index >= 15 is 0 Å². The Morgan fingerprint density at radius 1 is 1.24 bits per heavy atom. The van der Waals surface area contributed by atoms with Gasteiger partial charge in [-0.15, -0.1) is 0 Å². The molecule has 0 aliphatic rings. The number of hydrogen-bond donors (Lipinski definition) is 1. The van der Waals surface area contributed by atoms with Gasteiger partial charge in [0.2, 0.25) is 10.0 Å². The van der Waals surface area contributed by atoms with E-state index in [1.807, 2.05) is 44.0 Å². The van der Waals surface area contributed by atoms with Crippen LogP contribution in [0.5, 0.6) is 0 Å². The van der Waals surface area contributed by atoms with Crippen molar-refractivity contribution in [1.29, 1.82) is 0 Å². The van der Waals surface area contributed by atoms with Crippen LogP contribution in [0, 0.1) is 6.92 Å². The number of nitrogens with zero attached hydrogens (tertiary/aromatic N) is 2. The Morgan fingerprint density at radius 3 is 2.48 bits per heavy atom. The molecule has 1 unspecified atom stereocenters.